The number of piperidine rings is 1. The summed E-state index contributed by atoms with van der Waals surface area (Å²) in [7, 11) is -2.14. The minimum atomic E-state index is -3.61. The van der Waals surface area contributed by atoms with Crippen LogP contribution in [0.2, 0.25) is 10.0 Å². The van der Waals surface area contributed by atoms with Crippen LogP contribution in [0.1, 0.15) is 31.2 Å². The van der Waals surface area contributed by atoms with Crippen molar-refractivity contribution in [3.8, 4) is 5.75 Å². The maximum atomic E-state index is 12.9. The maximum absolute atomic E-state index is 12.9. The van der Waals surface area contributed by atoms with Crippen LogP contribution >= 0.6 is 23.2 Å². The monoisotopic (exact) mass is 470 g/mol. The zero-order valence-electron chi connectivity index (χ0n) is 16.7. The number of hydrogen-bond donors (Lipinski definition) is 1. The molecule has 1 fully saturated rings. The first-order valence-electron chi connectivity index (χ1n) is 9.73. The zero-order chi connectivity index (χ0) is 21.7. The Balaban J connectivity index is 1.73. The van der Waals surface area contributed by atoms with Crippen LogP contribution in [0, 0.1) is 0 Å². The fourth-order valence-electron chi connectivity index (χ4n) is 3.37. The van der Waals surface area contributed by atoms with Crippen molar-refractivity contribution in [1.82, 2.24) is 4.31 Å². The van der Waals surface area contributed by atoms with Gasteiger partial charge in [-0.05, 0) is 55.2 Å². The van der Waals surface area contributed by atoms with Gasteiger partial charge in [-0.3, -0.25) is 4.79 Å². The van der Waals surface area contributed by atoms with Gasteiger partial charge in [-0.25, -0.2) is 8.42 Å². The molecule has 1 aliphatic rings. The van der Waals surface area contributed by atoms with E-state index in [1.807, 2.05) is 6.07 Å². The third-order valence-electron chi connectivity index (χ3n) is 5.02. The Labute approximate surface area is 187 Å². The van der Waals surface area contributed by atoms with E-state index < -0.39 is 10.0 Å². The van der Waals surface area contributed by atoms with Gasteiger partial charge < -0.3 is 10.1 Å². The lowest BCUT2D eigenvalue weighted by atomic mass is 10.1. The van der Waals surface area contributed by atoms with Crippen LogP contribution in [0.3, 0.4) is 0 Å². The molecule has 1 saturated heterocycles. The maximum Gasteiger partial charge on any atom is 0.243 e. The average molecular weight is 471 g/mol. The molecule has 2 aromatic carbocycles. The number of carbonyl (C=O) groups excluding carboxylic acids is 1. The molecular formula is C21H24Cl2N2O4S. The number of nitrogens with zero attached hydrogens (tertiary/aromatic N) is 1. The molecule has 0 radical (unpaired) electrons. The molecule has 3 rings (SSSR count). The van der Waals surface area contributed by atoms with E-state index in [2.05, 4.69) is 5.32 Å². The Morgan fingerprint density at radius 2 is 1.80 bits per heavy atom. The van der Waals surface area contributed by atoms with Gasteiger partial charge in [0.15, 0.2) is 0 Å². The highest BCUT2D eigenvalue weighted by molar-refractivity contribution is 7.89. The first kappa shape index (κ1) is 22.9. The van der Waals surface area contributed by atoms with Gasteiger partial charge in [-0.1, -0.05) is 35.7 Å². The summed E-state index contributed by atoms with van der Waals surface area (Å²) in [5.74, 6) is 0.141. The number of benzene rings is 2. The van der Waals surface area contributed by atoms with Crippen LogP contribution in [0.4, 0.5) is 5.69 Å². The summed E-state index contributed by atoms with van der Waals surface area (Å²) >= 11 is 11.9. The molecular weight excluding hydrogens is 447 g/mol. The van der Waals surface area contributed by atoms with Crippen LogP contribution in [0.25, 0.3) is 0 Å². The number of halogens is 2. The molecule has 0 aromatic heterocycles. The van der Waals surface area contributed by atoms with Gasteiger partial charge >= 0.3 is 0 Å². The number of methoxy groups -OCH3 is 1. The van der Waals surface area contributed by atoms with Crippen LogP contribution in [-0.4, -0.2) is 38.8 Å². The van der Waals surface area contributed by atoms with E-state index in [4.69, 9.17) is 27.9 Å². The lowest BCUT2D eigenvalue weighted by Crippen LogP contribution is -2.35. The minimum absolute atomic E-state index is 0.144. The first-order valence-corrected chi connectivity index (χ1v) is 11.9. The molecule has 0 saturated carbocycles. The molecule has 0 atom stereocenters. The number of aryl methyl sites for hydroxylation is 1. The van der Waals surface area contributed by atoms with Gasteiger partial charge in [0.05, 0.1) is 27.7 Å². The van der Waals surface area contributed by atoms with Crippen molar-refractivity contribution in [2.45, 2.75) is 37.0 Å². The molecule has 1 N–H and O–H groups in total. The first-order chi connectivity index (χ1) is 14.3. The number of rotatable bonds is 7. The minimum Gasteiger partial charge on any atom is -0.495 e. The Morgan fingerprint density at radius 3 is 2.47 bits per heavy atom. The fraction of sp³-hybridized carbons (Fsp3) is 0.381. The fourth-order valence-corrected chi connectivity index (χ4v) is 5.23. The van der Waals surface area contributed by atoms with E-state index in [1.54, 1.807) is 18.2 Å². The summed E-state index contributed by atoms with van der Waals surface area (Å²) in [6.45, 7) is 1.03. The molecule has 0 aliphatic carbocycles. The average Bonchev–Trinajstić information content (AvgIpc) is 2.75. The second kappa shape index (κ2) is 10.0. The Bertz CT molecular complexity index is 1020. The van der Waals surface area contributed by atoms with Crippen molar-refractivity contribution in [2.75, 3.05) is 25.5 Å². The van der Waals surface area contributed by atoms with E-state index >= 15 is 0 Å². The number of anilines is 1. The lowest BCUT2D eigenvalue weighted by molar-refractivity contribution is -0.116. The van der Waals surface area contributed by atoms with E-state index in [9.17, 15) is 13.2 Å². The molecule has 1 heterocycles. The SMILES string of the molecule is COc1ccc(S(=O)(=O)N2CCCCC2)cc1NC(=O)CCc1ccc(Cl)c(Cl)c1. The van der Waals surface area contributed by atoms with E-state index in [0.29, 0.717) is 41.0 Å². The highest BCUT2D eigenvalue weighted by atomic mass is 35.5. The zero-order valence-corrected chi connectivity index (χ0v) is 19.0. The van der Waals surface area contributed by atoms with E-state index in [0.717, 1.165) is 24.8 Å². The summed E-state index contributed by atoms with van der Waals surface area (Å²) in [5.41, 5.74) is 1.21. The Hall–Kier alpha value is -1.80. The summed E-state index contributed by atoms with van der Waals surface area (Å²) in [4.78, 5) is 12.6. The predicted octanol–water partition coefficient (Wildman–Crippen LogP) is 4.75. The van der Waals surface area contributed by atoms with Crippen molar-refractivity contribution in [3.05, 3.63) is 52.0 Å². The molecule has 30 heavy (non-hydrogen) atoms. The van der Waals surface area contributed by atoms with Gasteiger partial charge in [-0.2, -0.15) is 4.31 Å². The topological polar surface area (TPSA) is 75.7 Å². The van der Waals surface area contributed by atoms with E-state index in [1.165, 1.54) is 23.5 Å². The Morgan fingerprint density at radius 1 is 1.07 bits per heavy atom. The van der Waals surface area contributed by atoms with Crippen molar-refractivity contribution in [1.29, 1.82) is 0 Å². The van der Waals surface area contributed by atoms with Crippen molar-refractivity contribution >= 4 is 44.8 Å². The van der Waals surface area contributed by atoms with E-state index in [-0.39, 0.29) is 17.2 Å². The summed E-state index contributed by atoms with van der Waals surface area (Å²) in [5, 5.41) is 3.66. The molecule has 2 aromatic rings. The van der Waals surface area contributed by atoms with Gasteiger partial charge in [-0.15, -0.1) is 0 Å². The number of amides is 1. The molecule has 0 spiro atoms. The van der Waals surface area contributed by atoms with Gasteiger partial charge in [0, 0.05) is 19.5 Å². The smallest absolute Gasteiger partial charge is 0.243 e. The number of hydrogen-bond acceptors (Lipinski definition) is 4. The molecule has 162 valence electrons. The third-order valence-corrected chi connectivity index (χ3v) is 7.66. The molecule has 9 heteroatoms. The highest BCUT2D eigenvalue weighted by Gasteiger charge is 2.27. The molecule has 0 bridgehead atoms. The lowest BCUT2D eigenvalue weighted by Gasteiger charge is -2.26. The number of sulfonamides is 1. The van der Waals surface area contributed by atoms with Crippen molar-refractivity contribution in [3.63, 3.8) is 0 Å². The van der Waals surface area contributed by atoms with Crippen molar-refractivity contribution in [2.24, 2.45) is 0 Å². The molecule has 1 amide bonds. The van der Waals surface area contributed by atoms with Crippen LogP contribution < -0.4 is 10.1 Å². The highest BCUT2D eigenvalue weighted by Crippen LogP contribution is 2.30. The van der Waals surface area contributed by atoms with Crippen molar-refractivity contribution < 1.29 is 17.9 Å². The molecule has 1 aliphatic heterocycles. The summed E-state index contributed by atoms with van der Waals surface area (Å²) < 4.78 is 32.7. The van der Waals surface area contributed by atoms with Crippen LogP contribution in [-0.2, 0) is 21.2 Å². The third kappa shape index (κ3) is 5.46. The normalized spacial score (nSPS) is 15.0. The van der Waals surface area contributed by atoms with Crippen LogP contribution in [0.15, 0.2) is 41.3 Å². The Kier molecular flexibility index (Phi) is 7.63. The number of carbonyl (C=O) groups is 1. The largest absolute Gasteiger partial charge is 0.495 e. The number of ether oxygens (including phenoxy) is 1. The quantitative estimate of drug-likeness (QED) is 0.633. The molecule has 0 unspecified atom stereocenters. The molecule has 6 nitrogen and oxygen atoms in total. The summed E-state index contributed by atoms with van der Waals surface area (Å²) in [6.07, 6.45) is 3.41. The van der Waals surface area contributed by atoms with Gasteiger partial charge in [0.2, 0.25) is 15.9 Å². The predicted molar refractivity (Wildman–Crippen MR) is 119 cm³/mol. The second-order valence-electron chi connectivity index (χ2n) is 7.12. The number of nitrogens with one attached hydrogen (secondary N) is 1. The second-order valence-corrected chi connectivity index (χ2v) is 9.88. The summed E-state index contributed by atoms with van der Waals surface area (Å²) in [6, 6.07) is 9.76. The standard InChI is InChI=1S/C21H24Cl2N2O4S/c1-29-20-9-7-16(30(27,28)25-11-3-2-4-12-25)14-19(20)24-21(26)10-6-15-5-8-17(22)18(23)13-15/h5,7-9,13-14H,2-4,6,10-12H2,1H3,(H,24,26). The van der Waals surface area contributed by atoms with Gasteiger partial charge in [0.1, 0.15) is 5.75 Å². The van der Waals surface area contributed by atoms with Gasteiger partial charge in [0.25, 0.3) is 0 Å². The van der Waals surface area contributed by atoms with Crippen LogP contribution in [0.5, 0.6) is 5.75 Å².